The molecule has 0 aromatic heterocycles. The predicted molar refractivity (Wildman–Crippen MR) is 57.6 cm³/mol. The zero-order valence-electron chi connectivity index (χ0n) is 8.92. The molecule has 0 bridgehead atoms. The van der Waals surface area contributed by atoms with E-state index < -0.39 is 0 Å². The summed E-state index contributed by atoms with van der Waals surface area (Å²) in [5.74, 6) is 0.766. The fourth-order valence-corrected chi connectivity index (χ4v) is 1.20. The normalized spacial score (nSPS) is 13.5. The van der Waals surface area contributed by atoms with Crippen LogP contribution in [0.15, 0.2) is 24.8 Å². The zero-order chi connectivity index (χ0) is 10.3. The highest BCUT2D eigenvalue weighted by Gasteiger charge is 2.13. The zero-order valence-corrected chi connectivity index (χ0v) is 8.92. The molecule has 0 aliphatic carbocycles. The molecule has 0 saturated heterocycles. The van der Waals surface area contributed by atoms with Crippen LogP contribution in [0.5, 0.6) is 0 Å². The van der Waals surface area contributed by atoms with E-state index in [4.69, 9.17) is 0 Å². The van der Waals surface area contributed by atoms with Crippen molar-refractivity contribution in [2.24, 2.45) is 11.8 Å². The number of hydrogen-bond acceptors (Lipinski definition) is 1. The van der Waals surface area contributed by atoms with E-state index in [1.165, 1.54) is 0 Å². The maximum atomic E-state index is 11.6. The van der Waals surface area contributed by atoms with Gasteiger partial charge in [0.1, 0.15) is 5.78 Å². The minimum absolute atomic E-state index is 0.0126. The third kappa shape index (κ3) is 5.40. The highest BCUT2D eigenvalue weighted by atomic mass is 16.1. The Labute approximate surface area is 81.5 Å². The van der Waals surface area contributed by atoms with Crippen LogP contribution in [0.2, 0.25) is 0 Å². The molecular formula is C12H20O. The van der Waals surface area contributed by atoms with Crippen LogP contribution < -0.4 is 0 Å². The Balaban J connectivity index is 4.07. The summed E-state index contributed by atoms with van der Waals surface area (Å²) in [5.41, 5.74) is 0. The Morgan fingerprint density at radius 3 is 2.46 bits per heavy atom. The van der Waals surface area contributed by atoms with Crippen LogP contribution in [-0.4, -0.2) is 5.78 Å². The second-order valence-electron chi connectivity index (χ2n) is 3.71. The van der Waals surface area contributed by atoms with E-state index >= 15 is 0 Å². The number of rotatable bonds is 6. The number of ketones is 1. The minimum Gasteiger partial charge on any atom is -0.299 e. The van der Waals surface area contributed by atoms with E-state index in [9.17, 15) is 4.79 Å². The largest absolute Gasteiger partial charge is 0.299 e. The molecule has 0 amide bonds. The lowest BCUT2D eigenvalue weighted by molar-refractivity contribution is -0.122. The second-order valence-corrected chi connectivity index (χ2v) is 3.71. The third-order valence-corrected chi connectivity index (χ3v) is 1.93. The molecule has 0 aliphatic rings. The maximum Gasteiger partial charge on any atom is 0.140 e. The van der Waals surface area contributed by atoms with Gasteiger partial charge in [0.15, 0.2) is 0 Å². The number of carbonyl (C=O) groups excluding carboxylic acids is 1. The molecule has 0 aromatic carbocycles. The summed E-state index contributed by atoms with van der Waals surface area (Å²) < 4.78 is 0. The van der Waals surface area contributed by atoms with Crippen LogP contribution in [0.4, 0.5) is 0 Å². The third-order valence-electron chi connectivity index (χ3n) is 1.93. The smallest absolute Gasteiger partial charge is 0.140 e. The van der Waals surface area contributed by atoms with Crippen molar-refractivity contribution in [3.05, 3.63) is 24.8 Å². The number of hydrogen-bond donors (Lipinski definition) is 0. The SMILES string of the molecule is C=CC(C/C=C/C)C(=O)CC(C)C. The maximum absolute atomic E-state index is 11.6. The summed E-state index contributed by atoms with van der Waals surface area (Å²) in [6.07, 6.45) is 7.20. The number of carbonyl (C=O) groups is 1. The van der Waals surface area contributed by atoms with Gasteiger partial charge in [-0.05, 0) is 19.3 Å². The lowest BCUT2D eigenvalue weighted by Gasteiger charge is -2.10. The molecule has 13 heavy (non-hydrogen) atoms. The molecule has 74 valence electrons. The van der Waals surface area contributed by atoms with Crippen molar-refractivity contribution in [1.82, 2.24) is 0 Å². The first-order valence-corrected chi connectivity index (χ1v) is 4.88. The molecule has 0 radical (unpaired) electrons. The van der Waals surface area contributed by atoms with Crippen molar-refractivity contribution < 1.29 is 4.79 Å². The van der Waals surface area contributed by atoms with Crippen LogP contribution in [0.1, 0.15) is 33.6 Å². The lowest BCUT2D eigenvalue weighted by Crippen LogP contribution is -2.13. The van der Waals surface area contributed by atoms with E-state index in [-0.39, 0.29) is 5.92 Å². The molecule has 0 heterocycles. The van der Waals surface area contributed by atoms with E-state index in [1.807, 2.05) is 19.1 Å². The van der Waals surface area contributed by atoms with E-state index in [0.717, 1.165) is 6.42 Å². The van der Waals surface area contributed by atoms with Crippen LogP contribution in [0.25, 0.3) is 0 Å². The molecular weight excluding hydrogens is 160 g/mol. The van der Waals surface area contributed by atoms with Crippen LogP contribution >= 0.6 is 0 Å². The fourth-order valence-electron chi connectivity index (χ4n) is 1.20. The first-order chi connectivity index (χ1) is 6.11. The highest BCUT2D eigenvalue weighted by molar-refractivity contribution is 5.82. The molecule has 0 spiro atoms. The molecule has 0 aromatic rings. The van der Waals surface area contributed by atoms with Gasteiger partial charge in [-0.2, -0.15) is 0 Å². The first kappa shape index (κ1) is 12.2. The summed E-state index contributed by atoms with van der Waals surface area (Å²) in [6.45, 7) is 9.78. The van der Waals surface area contributed by atoms with Gasteiger partial charge in [-0.15, -0.1) is 6.58 Å². The summed E-state index contributed by atoms with van der Waals surface area (Å²) in [7, 11) is 0. The fraction of sp³-hybridized carbons (Fsp3) is 0.583. The van der Waals surface area contributed by atoms with Crippen LogP contribution in [0, 0.1) is 11.8 Å². The Morgan fingerprint density at radius 2 is 2.08 bits per heavy atom. The highest BCUT2D eigenvalue weighted by Crippen LogP contribution is 2.13. The van der Waals surface area contributed by atoms with Crippen molar-refractivity contribution in [3.63, 3.8) is 0 Å². The first-order valence-electron chi connectivity index (χ1n) is 4.88. The van der Waals surface area contributed by atoms with Crippen molar-refractivity contribution in [2.75, 3.05) is 0 Å². The van der Waals surface area contributed by atoms with Gasteiger partial charge in [0.05, 0.1) is 0 Å². The Kier molecular flexibility index (Phi) is 6.21. The summed E-state index contributed by atoms with van der Waals surface area (Å²) in [5, 5.41) is 0. The van der Waals surface area contributed by atoms with Crippen LogP contribution in [0.3, 0.4) is 0 Å². The number of allylic oxidation sites excluding steroid dienone is 3. The van der Waals surface area contributed by atoms with Gasteiger partial charge in [-0.25, -0.2) is 0 Å². The topological polar surface area (TPSA) is 17.1 Å². The van der Waals surface area contributed by atoms with Gasteiger partial charge < -0.3 is 0 Å². The second kappa shape index (κ2) is 6.64. The number of Topliss-reactive ketones (excluding diaryl/α,β-unsaturated/α-hetero) is 1. The predicted octanol–water partition coefficient (Wildman–Crippen LogP) is 3.37. The molecule has 1 heteroatoms. The van der Waals surface area contributed by atoms with Gasteiger partial charge in [-0.1, -0.05) is 32.1 Å². The average Bonchev–Trinajstić information content (AvgIpc) is 2.04. The monoisotopic (exact) mass is 180 g/mol. The Hall–Kier alpha value is -0.850. The van der Waals surface area contributed by atoms with Gasteiger partial charge in [-0.3, -0.25) is 4.79 Å². The summed E-state index contributed by atoms with van der Waals surface area (Å²) in [4.78, 5) is 11.6. The standard InChI is InChI=1S/C12H20O/c1-5-7-8-11(6-2)12(13)9-10(3)4/h5-7,10-11H,2,8-9H2,1,3-4H3/b7-5+. The molecule has 0 rings (SSSR count). The van der Waals surface area contributed by atoms with E-state index in [1.54, 1.807) is 6.08 Å². The molecule has 1 nitrogen and oxygen atoms in total. The molecule has 0 N–H and O–H groups in total. The van der Waals surface area contributed by atoms with Crippen molar-refractivity contribution in [1.29, 1.82) is 0 Å². The summed E-state index contributed by atoms with van der Waals surface area (Å²) in [6, 6.07) is 0. The van der Waals surface area contributed by atoms with Gasteiger partial charge in [0.2, 0.25) is 0 Å². The van der Waals surface area contributed by atoms with Crippen molar-refractivity contribution in [3.8, 4) is 0 Å². The van der Waals surface area contributed by atoms with E-state index in [2.05, 4.69) is 20.4 Å². The van der Waals surface area contributed by atoms with Gasteiger partial charge >= 0.3 is 0 Å². The molecule has 0 saturated carbocycles. The quantitative estimate of drug-likeness (QED) is 0.573. The Morgan fingerprint density at radius 1 is 1.46 bits per heavy atom. The van der Waals surface area contributed by atoms with E-state index in [0.29, 0.717) is 18.1 Å². The average molecular weight is 180 g/mol. The molecule has 1 atom stereocenters. The minimum atomic E-state index is 0.0126. The summed E-state index contributed by atoms with van der Waals surface area (Å²) >= 11 is 0. The van der Waals surface area contributed by atoms with Crippen molar-refractivity contribution in [2.45, 2.75) is 33.6 Å². The Bertz CT molecular complexity index is 189. The van der Waals surface area contributed by atoms with Crippen LogP contribution in [-0.2, 0) is 4.79 Å². The van der Waals surface area contributed by atoms with Gasteiger partial charge in [0, 0.05) is 12.3 Å². The molecule has 0 fully saturated rings. The van der Waals surface area contributed by atoms with Crippen molar-refractivity contribution >= 4 is 5.78 Å². The lowest BCUT2D eigenvalue weighted by atomic mass is 9.93. The molecule has 1 unspecified atom stereocenters. The molecule has 0 aliphatic heterocycles. The van der Waals surface area contributed by atoms with Gasteiger partial charge in [0.25, 0.3) is 0 Å².